The molecule has 2 unspecified atom stereocenters. The molecule has 0 aromatic heterocycles. The molecule has 2 N–H and O–H groups in total. The van der Waals surface area contributed by atoms with Crippen LogP contribution in [-0.4, -0.2) is 42.6 Å². The lowest BCUT2D eigenvalue weighted by Gasteiger charge is -2.45. The van der Waals surface area contributed by atoms with E-state index < -0.39 is 11.7 Å². The molecule has 3 aromatic rings. The number of anilines is 1. The quantitative estimate of drug-likeness (QED) is 0.271. The molecule has 1 saturated heterocycles. The molecule has 2 amide bonds. The van der Waals surface area contributed by atoms with Crippen LogP contribution in [0.2, 0.25) is 10.0 Å². The van der Waals surface area contributed by atoms with Crippen LogP contribution < -0.4 is 10.6 Å². The molecular weight excluding hydrogens is 564 g/mol. The van der Waals surface area contributed by atoms with Gasteiger partial charge < -0.3 is 15.0 Å². The maximum atomic E-state index is 14.1. The van der Waals surface area contributed by atoms with Gasteiger partial charge in [0.2, 0.25) is 5.91 Å². The number of rotatable bonds is 9. The second-order valence-corrected chi connectivity index (χ2v) is 11.7. The van der Waals surface area contributed by atoms with Gasteiger partial charge >= 0.3 is 6.09 Å². The number of ether oxygens (including phenoxy) is 1. The average Bonchev–Trinajstić information content (AvgIpc) is 2.96. The molecule has 1 fully saturated rings. The molecule has 0 radical (unpaired) electrons. The fraction of sp³-hybridized carbons (Fsp3) is 0.375. The summed E-state index contributed by atoms with van der Waals surface area (Å²) in [6, 6.07) is 20.0. The van der Waals surface area contributed by atoms with Gasteiger partial charge in [-0.2, -0.15) is 0 Å². The summed E-state index contributed by atoms with van der Waals surface area (Å²) in [5.41, 5.74) is 2.46. The molecule has 5 rings (SSSR count). The maximum Gasteiger partial charge on any atom is 0.412 e. The van der Waals surface area contributed by atoms with Gasteiger partial charge in [0.1, 0.15) is 11.4 Å². The van der Waals surface area contributed by atoms with Crippen LogP contribution in [0.1, 0.15) is 55.2 Å². The fourth-order valence-electron chi connectivity index (χ4n) is 5.93. The molecule has 41 heavy (non-hydrogen) atoms. The van der Waals surface area contributed by atoms with Crippen molar-refractivity contribution in [3.63, 3.8) is 0 Å². The molecule has 2 aliphatic rings. The Morgan fingerprint density at radius 1 is 1.05 bits per heavy atom. The summed E-state index contributed by atoms with van der Waals surface area (Å²) in [7, 11) is 0. The van der Waals surface area contributed by atoms with E-state index in [1.807, 2.05) is 36.4 Å². The molecule has 216 valence electrons. The Labute approximate surface area is 250 Å². The number of nitrogens with one attached hydrogen (secondary N) is 2. The lowest BCUT2D eigenvalue weighted by Crippen LogP contribution is -2.50. The number of piperidine rings is 1. The third-order valence-corrected chi connectivity index (χ3v) is 9.06. The van der Waals surface area contributed by atoms with Crippen LogP contribution in [0, 0.1) is 5.82 Å². The number of halogens is 3. The van der Waals surface area contributed by atoms with Crippen molar-refractivity contribution in [1.82, 2.24) is 10.2 Å². The molecule has 0 aliphatic carbocycles. The zero-order valence-electron chi connectivity index (χ0n) is 23.0. The van der Waals surface area contributed by atoms with Gasteiger partial charge in [0.25, 0.3) is 0 Å². The molecule has 9 heteroatoms. The fourth-order valence-corrected chi connectivity index (χ4v) is 6.24. The Bertz CT molecular complexity index is 1400. The number of benzene rings is 3. The molecule has 0 bridgehead atoms. The van der Waals surface area contributed by atoms with E-state index in [1.165, 1.54) is 17.7 Å². The monoisotopic (exact) mass is 597 g/mol. The van der Waals surface area contributed by atoms with E-state index in [0.29, 0.717) is 60.2 Å². The minimum Gasteiger partial charge on any atom is -0.438 e. The summed E-state index contributed by atoms with van der Waals surface area (Å²) in [6.45, 7) is 4.07. The van der Waals surface area contributed by atoms with Crippen molar-refractivity contribution in [1.29, 1.82) is 0 Å². The summed E-state index contributed by atoms with van der Waals surface area (Å²) in [6.07, 6.45) is 2.78. The lowest BCUT2D eigenvalue weighted by atomic mass is 9.81. The van der Waals surface area contributed by atoms with Gasteiger partial charge in [-0.25, -0.2) is 9.18 Å². The van der Waals surface area contributed by atoms with Crippen molar-refractivity contribution in [3.05, 3.63) is 99.3 Å². The van der Waals surface area contributed by atoms with Gasteiger partial charge in [-0.15, -0.1) is 0 Å². The van der Waals surface area contributed by atoms with E-state index in [2.05, 4.69) is 22.5 Å². The average molecular weight is 599 g/mol. The van der Waals surface area contributed by atoms with Gasteiger partial charge in [-0.1, -0.05) is 59.6 Å². The van der Waals surface area contributed by atoms with Crippen LogP contribution in [0.25, 0.3) is 0 Å². The predicted octanol–water partition coefficient (Wildman–Crippen LogP) is 7.30. The Balaban J connectivity index is 1.22. The Morgan fingerprint density at radius 3 is 2.54 bits per heavy atom. The van der Waals surface area contributed by atoms with Gasteiger partial charge in [0, 0.05) is 44.1 Å². The van der Waals surface area contributed by atoms with E-state index in [4.69, 9.17) is 27.9 Å². The summed E-state index contributed by atoms with van der Waals surface area (Å²) in [4.78, 5) is 28.0. The molecule has 2 atom stereocenters. The summed E-state index contributed by atoms with van der Waals surface area (Å²) in [5, 5.41) is 6.67. The van der Waals surface area contributed by atoms with Crippen molar-refractivity contribution < 1.29 is 18.7 Å². The highest BCUT2D eigenvalue weighted by molar-refractivity contribution is 6.42. The van der Waals surface area contributed by atoms with E-state index in [9.17, 15) is 14.0 Å². The van der Waals surface area contributed by atoms with Crippen molar-refractivity contribution in [2.75, 3.05) is 25.0 Å². The number of carbonyl (C=O) groups excluding carboxylic acids is 2. The van der Waals surface area contributed by atoms with E-state index in [-0.39, 0.29) is 23.7 Å². The van der Waals surface area contributed by atoms with Crippen LogP contribution in [-0.2, 0) is 21.6 Å². The highest BCUT2D eigenvalue weighted by Gasteiger charge is 2.45. The van der Waals surface area contributed by atoms with Gasteiger partial charge in [0.15, 0.2) is 0 Å². The van der Waals surface area contributed by atoms with Crippen LogP contribution in [0.15, 0.2) is 66.7 Å². The van der Waals surface area contributed by atoms with Crippen LogP contribution in [0.4, 0.5) is 14.9 Å². The third-order valence-electron chi connectivity index (χ3n) is 8.32. The Kier molecular flexibility index (Phi) is 9.17. The highest BCUT2D eigenvalue weighted by Crippen LogP contribution is 2.44. The minimum atomic E-state index is -0.836. The predicted molar refractivity (Wildman–Crippen MR) is 160 cm³/mol. The topological polar surface area (TPSA) is 70.7 Å². The van der Waals surface area contributed by atoms with Crippen molar-refractivity contribution in [2.45, 2.75) is 56.6 Å². The third kappa shape index (κ3) is 6.85. The molecule has 1 spiro atoms. The normalized spacial score (nSPS) is 17.7. The van der Waals surface area contributed by atoms with Crippen LogP contribution in [0.5, 0.6) is 0 Å². The SMILES string of the molecule is CC(CCC(C(=O)NCCc1ccccc1)c1ccc(Cl)c(Cl)c1)N1CCC2(CC1)OC(=O)Nc1ccc(F)cc12. The zero-order chi connectivity index (χ0) is 29.0. The number of fused-ring (bicyclic) bond motifs is 2. The van der Waals surface area contributed by atoms with Gasteiger partial charge in [-0.05, 0) is 67.6 Å². The molecule has 3 aromatic carbocycles. The maximum absolute atomic E-state index is 14.1. The first-order valence-corrected chi connectivity index (χ1v) is 14.8. The Morgan fingerprint density at radius 2 is 1.80 bits per heavy atom. The van der Waals surface area contributed by atoms with Crippen molar-refractivity contribution in [2.24, 2.45) is 0 Å². The smallest absolute Gasteiger partial charge is 0.412 e. The molecular formula is C32H34Cl2FN3O3. The number of nitrogens with zero attached hydrogens (tertiary/aromatic N) is 1. The standard InChI is InChI=1S/C32H34Cl2FN3O3/c1-21(38-17-14-32(15-18-38)26-20-24(35)9-12-29(26)37-31(40)41-32)7-10-25(23-8-11-27(33)28(34)19-23)30(39)36-16-13-22-5-3-2-4-6-22/h2-6,8-9,11-12,19-21,25H,7,10,13-18H2,1H3,(H,36,39)(H,37,40). The van der Waals surface area contributed by atoms with Gasteiger partial charge in [0.05, 0.1) is 21.7 Å². The molecule has 0 saturated carbocycles. The van der Waals surface area contributed by atoms with E-state index in [0.717, 1.165) is 18.4 Å². The number of hydrogen-bond acceptors (Lipinski definition) is 4. The highest BCUT2D eigenvalue weighted by atomic mass is 35.5. The number of carbonyl (C=O) groups is 2. The second kappa shape index (κ2) is 12.8. The molecule has 6 nitrogen and oxygen atoms in total. The molecule has 2 heterocycles. The van der Waals surface area contributed by atoms with Crippen LogP contribution >= 0.6 is 23.2 Å². The van der Waals surface area contributed by atoms with Crippen LogP contribution in [0.3, 0.4) is 0 Å². The summed E-state index contributed by atoms with van der Waals surface area (Å²) in [5.74, 6) is -0.766. The number of amides is 2. The van der Waals surface area contributed by atoms with E-state index >= 15 is 0 Å². The van der Waals surface area contributed by atoms with E-state index in [1.54, 1.807) is 18.2 Å². The summed E-state index contributed by atoms with van der Waals surface area (Å²) < 4.78 is 19.9. The zero-order valence-corrected chi connectivity index (χ0v) is 24.5. The molecule has 2 aliphatic heterocycles. The van der Waals surface area contributed by atoms with Crippen molar-refractivity contribution in [3.8, 4) is 0 Å². The summed E-state index contributed by atoms with van der Waals surface area (Å²) >= 11 is 12.5. The Hall–Kier alpha value is -3.13. The number of likely N-dealkylation sites (tertiary alicyclic amines) is 1. The van der Waals surface area contributed by atoms with Gasteiger partial charge in [-0.3, -0.25) is 10.1 Å². The first kappa shape index (κ1) is 29.4. The number of hydrogen-bond donors (Lipinski definition) is 2. The largest absolute Gasteiger partial charge is 0.438 e. The first-order chi connectivity index (χ1) is 19.7. The second-order valence-electron chi connectivity index (χ2n) is 10.9. The lowest BCUT2D eigenvalue weighted by molar-refractivity contribution is -0.122. The minimum absolute atomic E-state index is 0.0376. The van der Waals surface area contributed by atoms with Crippen molar-refractivity contribution >= 4 is 40.9 Å². The first-order valence-electron chi connectivity index (χ1n) is 14.0.